The molecular formula is C18H14N2S. The Hall–Kier alpha value is -2.39. The number of fused-ring (bicyclic) bond motifs is 1. The van der Waals surface area contributed by atoms with Crippen molar-refractivity contribution in [2.75, 3.05) is 0 Å². The maximum Gasteiger partial charge on any atom is 0.148 e. The molecule has 102 valence electrons. The molecular weight excluding hydrogens is 276 g/mol. The minimum absolute atomic E-state index is 0.949. The van der Waals surface area contributed by atoms with Crippen LogP contribution in [0.1, 0.15) is 5.69 Å². The normalized spacial score (nSPS) is 11.1. The Morgan fingerprint density at radius 3 is 2.67 bits per heavy atom. The van der Waals surface area contributed by atoms with Crippen molar-refractivity contribution in [2.45, 2.75) is 6.92 Å². The van der Waals surface area contributed by atoms with Gasteiger partial charge in [0.25, 0.3) is 0 Å². The van der Waals surface area contributed by atoms with Gasteiger partial charge in [-0.25, -0.2) is 4.98 Å². The summed E-state index contributed by atoms with van der Waals surface area (Å²) < 4.78 is 0. The molecule has 1 N–H and O–H groups in total. The van der Waals surface area contributed by atoms with Crippen molar-refractivity contribution >= 4 is 22.1 Å². The second-order valence-electron chi connectivity index (χ2n) is 5.06. The highest BCUT2D eigenvalue weighted by atomic mass is 32.1. The van der Waals surface area contributed by atoms with E-state index in [1.54, 1.807) is 11.3 Å². The summed E-state index contributed by atoms with van der Waals surface area (Å²) in [5.41, 5.74) is 3.33. The third kappa shape index (κ3) is 2.06. The highest BCUT2D eigenvalue weighted by molar-refractivity contribution is 7.13. The number of aromatic nitrogens is 2. The van der Waals surface area contributed by atoms with E-state index in [4.69, 9.17) is 4.98 Å². The van der Waals surface area contributed by atoms with Gasteiger partial charge in [-0.05, 0) is 29.1 Å². The van der Waals surface area contributed by atoms with E-state index >= 15 is 0 Å². The average Bonchev–Trinajstić information content (AvgIpc) is 3.16. The number of imidazole rings is 1. The quantitative estimate of drug-likeness (QED) is 0.535. The number of benzene rings is 2. The van der Waals surface area contributed by atoms with Crippen molar-refractivity contribution in [2.24, 2.45) is 0 Å². The van der Waals surface area contributed by atoms with E-state index < -0.39 is 0 Å². The molecule has 0 aliphatic carbocycles. The minimum atomic E-state index is 0.949. The largest absolute Gasteiger partial charge is 0.341 e. The van der Waals surface area contributed by atoms with Crippen LogP contribution in [0.5, 0.6) is 0 Å². The van der Waals surface area contributed by atoms with Crippen LogP contribution in [0.15, 0.2) is 60.0 Å². The number of aryl methyl sites for hydroxylation is 1. The molecule has 0 fully saturated rings. The van der Waals surface area contributed by atoms with E-state index in [0.717, 1.165) is 17.2 Å². The maximum absolute atomic E-state index is 4.83. The second-order valence-corrected chi connectivity index (χ2v) is 6.01. The monoisotopic (exact) mass is 290 g/mol. The van der Waals surface area contributed by atoms with Crippen LogP contribution in [0, 0.1) is 6.92 Å². The van der Waals surface area contributed by atoms with Gasteiger partial charge in [-0.15, -0.1) is 11.3 Å². The first kappa shape index (κ1) is 12.4. The summed E-state index contributed by atoms with van der Waals surface area (Å²) in [7, 11) is 0. The fourth-order valence-electron chi connectivity index (χ4n) is 2.68. The summed E-state index contributed by atoms with van der Waals surface area (Å²) in [6, 6.07) is 19.0. The summed E-state index contributed by atoms with van der Waals surface area (Å²) in [4.78, 5) is 9.41. The standard InChI is InChI=1S/C18H14N2S/c1-12-17(20-18(19-12)16-10-5-11-21-16)15-9-4-7-13-6-2-3-8-14(13)15/h2-11H,1H3,(H,19,20). The number of H-pyrrole nitrogens is 1. The van der Waals surface area contributed by atoms with Crippen LogP contribution >= 0.6 is 11.3 Å². The van der Waals surface area contributed by atoms with E-state index in [-0.39, 0.29) is 0 Å². The number of thiophene rings is 1. The van der Waals surface area contributed by atoms with Gasteiger partial charge < -0.3 is 4.98 Å². The van der Waals surface area contributed by atoms with Crippen molar-refractivity contribution in [1.29, 1.82) is 0 Å². The van der Waals surface area contributed by atoms with E-state index in [9.17, 15) is 0 Å². The minimum Gasteiger partial charge on any atom is -0.341 e. The van der Waals surface area contributed by atoms with Gasteiger partial charge >= 0.3 is 0 Å². The van der Waals surface area contributed by atoms with Gasteiger partial charge in [0, 0.05) is 11.3 Å². The number of nitrogens with one attached hydrogen (secondary N) is 1. The lowest BCUT2D eigenvalue weighted by molar-refractivity contribution is 1.27. The van der Waals surface area contributed by atoms with Crippen LogP contribution in [-0.2, 0) is 0 Å². The first-order valence-corrected chi connectivity index (χ1v) is 7.79. The lowest BCUT2D eigenvalue weighted by Gasteiger charge is -2.04. The molecule has 21 heavy (non-hydrogen) atoms. The lowest BCUT2D eigenvalue weighted by atomic mass is 10.0. The molecule has 0 aliphatic heterocycles. The van der Waals surface area contributed by atoms with Gasteiger partial charge in [-0.2, -0.15) is 0 Å². The molecule has 4 aromatic rings. The fraction of sp³-hybridized carbons (Fsp3) is 0.0556. The summed E-state index contributed by atoms with van der Waals surface area (Å²) in [5.74, 6) is 0.949. The van der Waals surface area contributed by atoms with Crippen molar-refractivity contribution in [3.63, 3.8) is 0 Å². The molecule has 3 heteroatoms. The Balaban J connectivity index is 1.93. The molecule has 0 atom stereocenters. The Morgan fingerprint density at radius 2 is 1.81 bits per heavy atom. The third-order valence-corrected chi connectivity index (χ3v) is 4.56. The molecule has 0 saturated carbocycles. The van der Waals surface area contributed by atoms with Gasteiger partial charge in [0.2, 0.25) is 0 Å². The van der Waals surface area contributed by atoms with Crippen LogP contribution in [0.3, 0.4) is 0 Å². The summed E-state index contributed by atoms with van der Waals surface area (Å²) >= 11 is 1.70. The van der Waals surface area contributed by atoms with Crippen LogP contribution in [0.25, 0.3) is 32.7 Å². The first-order chi connectivity index (χ1) is 10.3. The number of hydrogen-bond acceptors (Lipinski definition) is 2. The van der Waals surface area contributed by atoms with Crippen molar-refractivity contribution < 1.29 is 0 Å². The summed E-state index contributed by atoms with van der Waals surface area (Å²) in [6.07, 6.45) is 0. The fourth-order valence-corrected chi connectivity index (χ4v) is 3.35. The van der Waals surface area contributed by atoms with Crippen molar-refractivity contribution in [3.05, 3.63) is 65.7 Å². The molecule has 0 aliphatic rings. The molecule has 4 rings (SSSR count). The molecule has 2 heterocycles. The highest BCUT2D eigenvalue weighted by Crippen LogP contribution is 2.32. The Bertz CT molecular complexity index is 899. The number of rotatable bonds is 2. The van der Waals surface area contributed by atoms with Gasteiger partial charge in [0.15, 0.2) is 0 Å². The highest BCUT2D eigenvalue weighted by Gasteiger charge is 2.13. The zero-order chi connectivity index (χ0) is 14.2. The molecule has 0 bridgehead atoms. The zero-order valence-electron chi connectivity index (χ0n) is 11.6. The molecule has 0 unspecified atom stereocenters. The predicted molar refractivity (Wildman–Crippen MR) is 89.6 cm³/mol. The zero-order valence-corrected chi connectivity index (χ0v) is 12.4. The summed E-state index contributed by atoms with van der Waals surface area (Å²) in [6.45, 7) is 2.08. The van der Waals surface area contributed by atoms with E-state index in [1.165, 1.54) is 21.2 Å². The van der Waals surface area contributed by atoms with Crippen molar-refractivity contribution in [3.8, 4) is 22.0 Å². The molecule has 0 spiro atoms. The number of aromatic amines is 1. The smallest absolute Gasteiger partial charge is 0.148 e. The van der Waals surface area contributed by atoms with Gasteiger partial charge in [-0.3, -0.25) is 0 Å². The van der Waals surface area contributed by atoms with Crippen LogP contribution in [0.2, 0.25) is 0 Å². The molecule has 0 saturated heterocycles. The van der Waals surface area contributed by atoms with Crippen LogP contribution in [-0.4, -0.2) is 9.97 Å². The average molecular weight is 290 g/mol. The maximum atomic E-state index is 4.83. The van der Waals surface area contributed by atoms with Crippen molar-refractivity contribution in [1.82, 2.24) is 9.97 Å². The molecule has 0 amide bonds. The number of nitrogens with zero attached hydrogens (tertiary/aromatic N) is 1. The summed E-state index contributed by atoms with van der Waals surface area (Å²) in [5, 5.41) is 4.56. The number of hydrogen-bond donors (Lipinski definition) is 1. The molecule has 2 aromatic heterocycles. The Kier molecular flexibility index (Phi) is 2.86. The third-order valence-electron chi connectivity index (χ3n) is 3.68. The van der Waals surface area contributed by atoms with Crippen LogP contribution in [0.4, 0.5) is 0 Å². The Labute approximate surface area is 127 Å². The van der Waals surface area contributed by atoms with Gasteiger partial charge in [-0.1, -0.05) is 48.5 Å². The lowest BCUT2D eigenvalue weighted by Crippen LogP contribution is -1.84. The van der Waals surface area contributed by atoms with Crippen LogP contribution < -0.4 is 0 Å². The SMILES string of the molecule is Cc1[nH]c(-c2cccs2)nc1-c1cccc2ccccc12. The first-order valence-electron chi connectivity index (χ1n) is 6.91. The molecule has 2 aromatic carbocycles. The van der Waals surface area contributed by atoms with Gasteiger partial charge in [0.05, 0.1) is 10.6 Å². The second kappa shape index (κ2) is 4.86. The molecule has 2 nitrogen and oxygen atoms in total. The Morgan fingerprint density at radius 1 is 0.952 bits per heavy atom. The molecule has 0 radical (unpaired) electrons. The topological polar surface area (TPSA) is 28.7 Å². The van der Waals surface area contributed by atoms with E-state index in [0.29, 0.717) is 0 Å². The van der Waals surface area contributed by atoms with Gasteiger partial charge in [0.1, 0.15) is 5.82 Å². The van der Waals surface area contributed by atoms with E-state index in [1.807, 2.05) is 0 Å². The predicted octanol–water partition coefficient (Wildman–Crippen LogP) is 5.27. The van der Waals surface area contributed by atoms with E-state index in [2.05, 4.69) is 71.9 Å².